The maximum atomic E-state index is 11.6. The van der Waals surface area contributed by atoms with Gasteiger partial charge in [-0.3, -0.25) is 4.79 Å². The molecule has 1 aliphatic rings. The smallest absolute Gasteiger partial charge is 0.323 e. The molecule has 0 saturated heterocycles. The molecule has 0 unspecified atom stereocenters. The second-order valence-electron chi connectivity index (χ2n) is 7.51. The number of pyridine rings is 1. The van der Waals surface area contributed by atoms with Gasteiger partial charge in [0.25, 0.3) is 0 Å². The van der Waals surface area contributed by atoms with Gasteiger partial charge < -0.3 is 10.0 Å². The van der Waals surface area contributed by atoms with Gasteiger partial charge in [0, 0.05) is 28.7 Å². The number of hydrogen-bond acceptors (Lipinski definition) is 2. The van der Waals surface area contributed by atoms with Crippen molar-refractivity contribution in [3.05, 3.63) is 101 Å². The number of nitrogens with zero attached hydrogens (tertiary/aromatic N) is 2. The third kappa shape index (κ3) is 3.03. The van der Waals surface area contributed by atoms with E-state index in [1.165, 1.54) is 5.39 Å². The van der Waals surface area contributed by atoms with Crippen molar-refractivity contribution in [3.8, 4) is 0 Å². The summed E-state index contributed by atoms with van der Waals surface area (Å²) in [7, 11) is 2.05. The maximum Gasteiger partial charge on any atom is 0.323 e. The lowest BCUT2D eigenvalue weighted by atomic mass is 10.0. The third-order valence-electron chi connectivity index (χ3n) is 5.61. The number of aromatic nitrogens is 1. The van der Waals surface area contributed by atoms with Crippen LogP contribution in [0.2, 0.25) is 0 Å². The Bertz CT molecular complexity index is 1420. The fourth-order valence-electron chi connectivity index (χ4n) is 4.24. The van der Waals surface area contributed by atoms with Gasteiger partial charge in [-0.15, -0.1) is 0 Å². The SMILES string of the molecule is C[n+]1cccc2c(/C=c3\cccc4c3=Cc3ccccc3N4CC(=O)O)cccc21. The van der Waals surface area contributed by atoms with Crippen LogP contribution < -0.4 is 19.9 Å². The van der Waals surface area contributed by atoms with E-state index in [4.69, 9.17) is 0 Å². The lowest BCUT2D eigenvalue weighted by Gasteiger charge is -2.28. The van der Waals surface area contributed by atoms with Crippen LogP contribution in [0.3, 0.4) is 0 Å². The first kappa shape index (κ1) is 18.1. The van der Waals surface area contributed by atoms with Crippen molar-refractivity contribution in [1.29, 1.82) is 0 Å². The van der Waals surface area contributed by atoms with E-state index in [9.17, 15) is 9.90 Å². The van der Waals surface area contributed by atoms with Crippen LogP contribution in [0.15, 0.2) is 79.0 Å². The van der Waals surface area contributed by atoms with Crippen molar-refractivity contribution in [2.45, 2.75) is 0 Å². The Morgan fingerprint density at radius 1 is 0.967 bits per heavy atom. The van der Waals surface area contributed by atoms with E-state index in [0.29, 0.717) is 0 Å². The molecule has 2 heterocycles. The molecule has 4 aromatic rings. The van der Waals surface area contributed by atoms with E-state index in [0.717, 1.165) is 38.5 Å². The van der Waals surface area contributed by atoms with E-state index >= 15 is 0 Å². The van der Waals surface area contributed by atoms with Gasteiger partial charge in [0.2, 0.25) is 5.52 Å². The standard InChI is InChI=1S/C26H20N2O2/c1-27-14-6-10-21-18(8-4-12-24(21)27)15-19-9-5-13-25-22(19)16-20-7-2-3-11-23(20)28(25)17-26(29)30/h2-16H,17H2,1H3/p+1. The highest BCUT2D eigenvalue weighted by Crippen LogP contribution is 2.29. The molecule has 4 heteroatoms. The summed E-state index contributed by atoms with van der Waals surface area (Å²) in [5.41, 5.74) is 5.15. The van der Waals surface area contributed by atoms with Gasteiger partial charge >= 0.3 is 5.97 Å². The lowest BCUT2D eigenvalue weighted by Crippen LogP contribution is -2.38. The minimum atomic E-state index is -0.853. The molecule has 0 radical (unpaired) electrons. The summed E-state index contributed by atoms with van der Waals surface area (Å²) < 4.78 is 2.12. The van der Waals surface area contributed by atoms with Gasteiger partial charge in [-0.25, -0.2) is 4.57 Å². The number of carbonyl (C=O) groups is 1. The number of aliphatic carboxylic acids is 1. The summed E-state index contributed by atoms with van der Waals surface area (Å²) in [5, 5.41) is 12.8. The van der Waals surface area contributed by atoms with E-state index < -0.39 is 5.97 Å². The van der Waals surface area contributed by atoms with E-state index in [2.05, 4.69) is 53.1 Å². The molecule has 146 valence electrons. The van der Waals surface area contributed by atoms with Crippen LogP contribution in [0.4, 0.5) is 11.4 Å². The third-order valence-corrected chi connectivity index (χ3v) is 5.61. The first-order chi connectivity index (χ1) is 14.6. The van der Waals surface area contributed by atoms with Gasteiger partial charge in [-0.2, -0.15) is 0 Å². The summed E-state index contributed by atoms with van der Waals surface area (Å²) in [5.74, 6) is -0.853. The second-order valence-corrected chi connectivity index (χ2v) is 7.51. The zero-order chi connectivity index (χ0) is 20.7. The molecule has 0 atom stereocenters. The number of hydrogen-bond donors (Lipinski definition) is 1. The van der Waals surface area contributed by atoms with Gasteiger partial charge in [0.05, 0.1) is 5.39 Å². The molecule has 1 N–H and O–H groups in total. The highest BCUT2D eigenvalue weighted by molar-refractivity contribution is 5.88. The molecule has 1 aliphatic heterocycles. The van der Waals surface area contributed by atoms with Crippen molar-refractivity contribution in [3.63, 3.8) is 0 Å². The molecule has 5 rings (SSSR count). The van der Waals surface area contributed by atoms with Gasteiger partial charge in [0.15, 0.2) is 6.20 Å². The molecule has 3 aromatic carbocycles. The van der Waals surface area contributed by atoms with Crippen LogP contribution in [-0.2, 0) is 11.8 Å². The number of benzene rings is 3. The first-order valence-electron chi connectivity index (χ1n) is 9.90. The van der Waals surface area contributed by atoms with Crippen molar-refractivity contribution < 1.29 is 14.5 Å². The Kier molecular flexibility index (Phi) is 4.32. The number of para-hydroxylation sites is 1. The normalized spacial score (nSPS) is 13.0. The first-order valence-corrected chi connectivity index (χ1v) is 9.90. The Morgan fingerprint density at radius 2 is 1.77 bits per heavy atom. The summed E-state index contributed by atoms with van der Waals surface area (Å²) in [6.07, 6.45) is 6.38. The molecule has 0 fully saturated rings. The predicted octanol–water partition coefficient (Wildman–Crippen LogP) is 2.86. The second kappa shape index (κ2) is 7.16. The monoisotopic (exact) mass is 393 g/mol. The van der Waals surface area contributed by atoms with Crippen LogP contribution in [-0.4, -0.2) is 17.6 Å². The van der Waals surface area contributed by atoms with Crippen LogP contribution >= 0.6 is 0 Å². The number of carboxylic acid groups (broad SMARTS) is 1. The largest absolute Gasteiger partial charge is 0.480 e. The summed E-state index contributed by atoms with van der Waals surface area (Å²) in [4.78, 5) is 13.5. The number of fused-ring (bicyclic) bond motifs is 3. The Morgan fingerprint density at radius 3 is 2.63 bits per heavy atom. The minimum absolute atomic E-state index is 0.0780. The quantitative estimate of drug-likeness (QED) is 0.545. The number of anilines is 2. The van der Waals surface area contributed by atoms with E-state index in [1.54, 1.807) is 0 Å². The molecule has 30 heavy (non-hydrogen) atoms. The van der Waals surface area contributed by atoms with E-state index in [-0.39, 0.29) is 6.54 Å². The Balaban J connectivity index is 1.80. The van der Waals surface area contributed by atoms with Crippen molar-refractivity contribution in [1.82, 2.24) is 0 Å². The molecular formula is C26H21N2O2+. The van der Waals surface area contributed by atoms with E-state index in [1.807, 2.05) is 54.5 Å². The Hall–Kier alpha value is -3.92. The van der Waals surface area contributed by atoms with Crippen molar-refractivity contribution >= 4 is 40.4 Å². The number of aryl methyl sites for hydroxylation is 1. The average Bonchev–Trinajstić information content (AvgIpc) is 2.74. The molecule has 0 amide bonds. The zero-order valence-electron chi connectivity index (χ0n) is 16.6. The molecule has 0 spiro atoms. The fraction of sp³-hybridized carbons (Fsp3) is 0.0769. The van der Waals surface area contributed by atoms with Gasteiger partial charge in [-0.1, -0.05) is 42.5 Å². The topological polar surface area (TPSA) is 44.4 Å². The predicted molar refractivity (Wildman–Crippen MR) is 119 cm³/mol. The number of rotatable bonds is 3. The zero-order valence-corrected chi connectivity index (χ0v) is 16.6. The highest BCUT2D eigenvalue weighted by Gasteiger charge is 2.20. The summed E-state index contributed by atoms with van der Waals surface area (Å²) >= 11 is 0. The minimum Gasteiger partial charge on any atom is -0.480 e. The average molecular weight is 393 g/mol. The van der Waals surface area contributed by atoms with Crippen LogP contribution in [0.25, 0.3) is 23.1 Å². The molecule has 1 aromatic heterocycles. The summed E-state index contributed by atoms with van der Waals surface area (Å²) in [6.45, 7) is -0.0780. The van der Waals surface area contributed by atoms with Crippen LogP contribution in [0.5, 0.6) is 0 Å². The van der Waals surface area contributed by atoms with Crippen molar-refractivity contribution in [2.75, 3.05) is 11.4 Å². The molecule has 0 saturated carbocycles. The highest BCUT2D eigenvalue weighted by atomic mass is 16.4. The van der Waals surface area contributed by atoms with Crippen molar-refractivity contribution in [2.24, 2.45) is 7.05 Å². The number of carboxylic acids is 1. The van der Waals surface area contributed by atoms with Crippen LogP contribution in [0.1, 0.15) is 11.1 Å². The lowest BCUT2D eigenvalue weighted by molar-refractivity contribution is -0.644. The fourth-order valence-corrected chi connectivity index (χ4v) is 4.24. The Labute approximate surface area is 174 Å². The van der Waals surface area contributed by atoms with Gasteiger partial charge in [0.1, 0.15) is 13.6 Å². The molecule has 4 nitrogen and oxygen atoms in total. The maximum absolute atomic E-state index is 11.6. The molecule has 0 aliphatic carbocycles. The van der Waals surface area contributed by atoms with Crippen LogP contribution in [0, 0.1) is 0 Å². The summed E-state index contributed by atoms with van der Waals surface area (Å²) in [6, 6.07) is 24.5. The molecule has 0 bridgehead atoms. The molecular weight excluding hydrogens is 372 g/mol. The van der Waals surface area contributed by atoms with Gasteiger partial charge in [-0.05, 0) is 46.7 Å².